The zero-order chi connectivity index (χ0) is 12.9. The first-order chi connectivity index (χ1) is 7.92. The summed E-state index contributed by atoms with van der Waals surface area (Å²) in [5, 5.41) is 0. The van der Waals surface area contributed by atoms with Gasteiger partial charge < -0.3 is 14.2 Å². The maximum absolute atomic E-state index is 11.8. The molecule has 1 radical (unpaired) electrons. The maximum atomic E-state index is 11.8. The molecule has 1 aromatic carbocycles. The van der Waals surface area contributed by atoms with Crippen molar-refractivity contribution in [2.75, 3.05) is 6.79 Å². The molecule has 1 rings (SSSR count). The molecule has 0 aliphatic rings. The predicted octanol–water partition coefficient (Wildman–Crippen LogP) is 2.51. The van der Waals surface area contributed by atoms with Gasteiger partial charge in [-0.15, -0.1) is 13.2 Å². The summed E-state index contributed by atoms with van der Waals surface area (Å²) < 4.78 is 47.9. The minimum Gasteiger partial charge on any atom is -0.435 e. The van der Waals surface area contributed by atoms with Crippen molar-refractivity contribution < 1.29 is 32.2 Å². The normalized spacial score (nSPS) is 11.1. The first-order valence-electron chi connectivity index (χ1n) is 4.32. The van der Waals surface area contributed by atoms with Crippen molar-refractivity contribution in [3.8, 4) is 5.75 Å². The summed E-state index contributed by atoms with van der Waals surface area (Å²) in [5.41, 5.74) is 0.0802. The fourth-order valence-corrected chi connectivity index (χ4v) is 0.971. The number of halogens is 3. The van der Waals surface area contributed by atoms with E-state index in [9.17, 15) is 18.0 Å². The van der Waals surface area contributed by atoms with Crippen molar-refractivity contribution >= 4 is 5.97 Å². The lowest BCUT2D eigenvalue weighted by molar-refractivity contribution is -0.274. The van der Waals surface area contributed by atoms with Crippen molar-refractivity contribution in [3.05, 3.63) is 36.9 Å². The molecule has 0 spiro atoms. The lowest BCUT2D eigenvalue weighted by atomic mass is 10.2. The van der Waals surface area contributed by atoms with Crippen LogP contribution >= 0.6 is 0 Å². The van der Waals surface area contributed by atoms with Gasteiger partial charge in [-0.05, 0) is 24.3 Å². The molecule has 0 unspecified atom stereocenters. The Hall–Kier alpha value is -1.76. The number of rotatable bonds is 4. The Kier molecular flexibility index (Phi) is 4.33. The van der Waals surface area contributed by atoms with Crippen molar-refractivity contribution in [3.63, 3.8) is 0 Å². The van der Waals surface area contributed by atoms with Crippen LogP contribution in [0.4, 0.5) is 13.2 Å². The number of hydrogen-bond acceptors (Lipinski definition) is 4. The van der Waals surface area contributed by atoms with Gasteiger partial charge in [-0.25, -0.2) is 4.79 Å². The van der Waals surface area contributed by atoms with Crippen LogP contribution in [0.1, 0.15) is 10.4 Å². The third-order valence-corrected chi connectivity index (χ3v) is 1.60. The summed E-state index contributed by atoms with van der Waals surface area (Å²) in [7, 11) is 2.98. The zero-order valence-electron chi connectivity index (χ0n) is 8.49. The number of carbonyl (C=O) groups excluding carboxylic acids is 1. The van der Waals surface area contributed by atoms with Gasteiger partial charge in [0, 0.05) is 0 Å². The minimum atomic E-state index is -4.76. The molecule has 0 aliphatic carbocycles. The summed E-state index contributed by atoms with van der Waals surface area (Å²) in [6.07, 6.45) is -4.76. The second kappa shape index (κ2) is 5.53. The van der Waals surface area contributed by atoms with Gasteiger partial charge >= 0.3 is 12.3 Å². The van der Waals surface area contributed by atoms with E-state index >= 15 is 0 Å². The average Bonchev–Trinajstić information content (AvgIpc) is 2.24. The summed E-state index contributed by atoms with van der Waals surface area (Å²) in [5.74, 6) is -1.14. The Morgan fingerprint density at radius 3 is 2.29 bits per heavy atom. The summed E-state index contributed by atoms with van der Waals surface area (Å²) in [6.45, 7) is -0.334. The number of ether oxygens (including phenoxy) is 3. The van der Waals surface area contributed by atoms with E-state index in [0.717, 1.165) is 24.3 Å². The van der Waals surface area contributed by atoms with Gasteiger partial charge in [-0.3, -0.25) is 0 Å². The third-order valence-electron chi connectivity index (χ3n) is 1.60. The lowest BCUT2D eigenvalue weighted by Gasteiger charge is -2.09. The van der Waals surface area contributed by atoms with Gasteiger partial charge in [0.2, 0.25) is 0 Å². The van der Waals surface area contributed by atoms with Crippen LogP contribution in [0.15, 0.2) is 24.3 Å². The molecule has 1 aromatic rings. The number of alkyl halides is 3. The highest BCUT2D eigenvalue weighted by molar-refractivity contribution is 5.89. The van der Waals surface area contributed by atoms with Gasteiger partial charge in [-0.2, -0.15) is 0 Å². The van der Waals surface area contributed by atoms with E-state index < -0.39 is 18.1 Å². The molecule has 4 nitrogen and oxygen atoms in total. The van der Waals surface area contributed by atoms with Gasteiger partial charge in [0.05, 0.1) is 12.7 Å². The Labute approximate surface area is 94.9 Å². The van der Waals surface area contributed by atoms with Crippen LogP contribution < -0.4 is 4.74 Å². The molecule has 17 heavy (non-hydrogen) atoms. The van der Waals surface area contributed by atoms with Crippen LogP contribution in [-0.2, 0) is 9.47 Å². The maximum Gasteiger partial charge on any atom is 0.573 e. The monoisotopic (exact) mass is 249 g/mol. The standard InChI is InChI=1S/C10H8F3O4/c1-15-6-16-9(14)7-2-4-8(5-3-7)17-10(11,12)13/h2-5H,1,6H2. The Bertz CT molecular complexity index is 372. The smallest absolute Gasteiger partial charge is 0.435 e. The van der Waals surface area contributed by atoms with Crippen LogP contribution in [0.2, 0.25) is 0 Å². The highest BCUT2D eigenvalue weighted by Crippen LogP contribution is 2.22. The molecule has 93 valence electrons. The summed E-state index contributed by atoms with van der Waals surface area (Å²) in [6, 6.07) is 4.31. The van der Waals surface area contributed by atoms with Gasteiger partial charge in [0.15, 0.2) is 6.79 Å². The topological polar surface area (TPSA) is 44.8 Å². The van der Waals surface area contributed by atoms with Gasteiger partial charge in [-0.1, -0.05) is 0 Å². The van der Waals surface area contributed by atoms with Crippen LogP contribution in [0.25, 0.3) is 0 Å². The first kappa shape index (κ1) is 13.3. The molecule has 0 amide bonds. The average molecular weight is 249 g/mol. The lowest BCUT2D eigenvalue weighted by Crippen LogP contribution is -2.17. The van der Waals surface area contributed by atoms with Crippen molar-refractivity contribution in [2.24, 2.45) is 0 Å². The first-order valence-corrected chi connectivity index (χ1v) is 4.32. The molecule has 0 saturated heterocycles. The molecular formula is C10H8F3O4. The summed E-state index contributed by atoms with van der Waals surface area (Å²) >= 11 is 0. The van der Waals surface area contributed by atoms with Crippen LogP contribution in [0.3, 0.4) is 0 Å². The predicted molar refractivity (Wildman–Crippen MR) is 49.8 cm³/mol. The fraction of sp³-hybridized carbons (Fsp3) is 0.200. The zero-order valence-corrected chi connectivity index (χ0v) is 8.49. The van der Waals surface area contributed by atoms with Gasteiger partial charge in [0.25, 0.3) is 0 Å². The van der Waals surface area contributed by atoms with E-state index in [0.29, 0.717) is 0 Å². The highest BCUT2D eigenvalue weighted by atomic mass is 19.4. The number of esters is 1. The van der Waals surface area contributed by atoms with Gasteiger partial charge in [0.1, 0.15) is 5.75 Å². The van der Waals surface area contributed by atoms with E-state index in [1.807, 2.05) is 0 Å². The Morgan fingerprint density at radius 2 is 1.82 bits per heavy atom. The molecule has 7 heteroatoms. The van der Waals surface area contributed by atoms with E-state index in [1.165, 1.54) is 0 Å². The number of benzene rings is 1. The van der Waals surface area contributed by atoms with Crippen LogP contribution in [-0.4, -0.2) is 19.1 Å². The highest BCUT2D eigenvalue weighted by Gasteiger charge is 2.31. The molecule has 0 atom stereocenters. The molecule has 0 saturated carbocycles. The molecule has 0 aromatic heterocycles. The Morgan fingerprint density at radius 1 is 1.24 bits per heavy atom. The van der Waals surface area contributed by atoms with Crippen LogP contribution in [0, 0.1) is 7.11 Å². The minimum absolute atomic E-state index is 0.0802. The third kappa shape index (κ3) is 4.73. The van der Waals surface area contributed by atoms with E-state index in [1.54, 1.807) is 0 Å². The van der Waals surface area contributed by atoms with Crippen molar-refractivity contribution in [1.82, 2.24) is 0 Å². The van der Waals surface area contributed by atoms with Crippen LogP contribution in [0.5, 0.6) is 5.75 Å². The molecule has 0 aliphatic heterocycles. The fourth-order valence-electron chi connectivity index (χ4n) is 0.971. The van der Waals surface area contributed by atoms with Crippen molar-refractivity contribution in [1.29, 1.82) is 0 Å². The van der Waals surface area contributed by atoms with E-state index in [4.69, 9.17) is 0 Å². The Balaban J connectivity index is 2.64. The number of hydrogen-bond donors (Lipinski definition) is 0. The molecule has 0 heterocycles. The second-order valence-electron chi connectivity index (χ2n) is 2.83. The molecular weight excluding hydrogens is 241 g/mol. The molecule has 0 N–H and O–H groups in total. The van der Waals surface area contributed by atoms with Crippen molar-refractivity contribution in [2.45, 2.75) is 6.36 Å². The number of carbonyl (C=O) groups is 1. The van der Waals surface area contributed by atoms with E-state index in [-0.39, 0.29) is 12.4 Å². The quantitative estimate of drug-likeness (QED) is 0.607. The largest absolute Gasteiger partial charge is 0.573 e. The summed E-state index contributed by atoms with van der Waals surface area (Å²) in [4.78, 5) is 11.2. The van der Waals surface area contributed by atoms with E-state index in [2.05, 4.69) is 21.3 Å². The second-order valence-corrected chi connectivity index (χ2v) is 2.83. The molecule has 0 fully saturated rings. The molecule has 0 bridgehead atoms. The SMILES string of the molecule is [CH2]OCOC(=O)c1ccc(OC(F)(F)F)cc1.